The van der Waals surface area contributed by atoms with Crippen molar-refractivity contribution in [1.29, 1.82) is 0 Å². The summed E-state index contributed by atoms with van der Waals surface area (Å²) in [6.45, 7) is 0.407. The molecule has 2 aromatic rings. The molecule has 0 saturated heterocycles. The predicted molar refractivity (Wildman–Crippen MR) is 105 cm³/mol. The molecular formula is C22H27NO4. The number of hydrogen-bond donors (Lipinski definition) is 1. The van der Waals surface area contributed by atoms with Gasteiger partial charge in [0, 0.05) is 6.54 Å². The molecule has 1 amide bonds. The summed E-state index contributed by atoms with van der Waals surface area (Å²) in [6, 6.07) is 13.8. The van der Waals surface area contributed by atoms with Crippen LogP contribution in [0.3, 0.4) is 0 Å². The van der Waals surface area contributed by atoms with Gasteiger partial charge in [-0.15, -0.1) is 0 Å². The molecule has 0 atom stereocenters. The zero-order valence-electron chi connectivity index (χ0n) is 16.2. The highest BCUT2D eigenvalue weighted by Crippen LogP contribution is 2.42. The molecule has 0 bridgehead atoms. The summed E-state index contributed by atoms with van der Waals surface area (Å²) >= 11 is 0. The fourth-order valence-electron chi connectivity index (χ4n) is 3.97. The van der Waals surface area contributed by atoms with Crippen LogP contribution in [-0.4, -0.2) is 27.2 Å². The second-order valence-electron chi connectivity index (χ2n) is 6.87. The summed E-state index contributed by atoms with van der Waals surface area (Å²) in [4.78, 5) is 13.2. The largest absolute Gasteiger partial charge is 0.493 e. The molecule has 0 unspecified atom stereocenters. The summed E-state index contributed by atoms with van der Waals surface area (Å²) in [7, 11) is 4.75. The number of carbonyl (C=O) groups is 1. The molecule has 1 saturated carbocycles. The van der Waals surface area contributed by atoms with E-state index in [1.54, 1.807) is 21.3 Å². The van der Waals surface area contributed by atoms with Crippen LogP contribution in [0.4, 0.5) is 0 Å². The Morgan fingerprint density at radius 3 is 2.07 bits per heavy atom. The average Bonchev–Trinajstić information content (AvgIpc) is 3.23. The van der Waals surface area contributed by atoms with Crippen LogP contribution in [0.15, 0.2) is 42.5 Å². The van der Waals surface area contributed by atoms with Crippen molar-refractivity contribution in [2.24, 2.45) is 0 Å². The number of amides is 1. The van der Waals surface area contributed by atoms with Crippen molar-refractivity contribution < 1.29 is 19.0 Å². The van der Waals surface area contributed by atoms with Gasteiger partial charge in [0.1, 0.15) is 0 Å². The molecule has 0 aromatic heterocycles. The highest BCUT2D eigenvalue weighted by Gasteiger charge is 2.42. The lowest BCUT2D eigenvalue weighted by molar-refractivity contribution is -0.126. The van der Waals surface area contributed by atoms with Gasteiger partial charge in [0.05, 0.1) is 26.7 Å². The van der Waals surface area contributed by atoms with E-state index in [1.807, 2.05) is 30.3 Å². The molecule has 144 valence electrons. The van der Waals surface area contributed by atoms with E-state index < -0.39 is 5.41 Å². The minimum atomic E-state index is -0.429. The average molecular weight is 369 g/mol. The first kappa shape index (κ1) is 19.1. The van der Waals surface area contributed by atoms with Gasteiger partial charge in [-0.05, 0) is 36.1 Å². The lowest BCUT2D eigenvalue weighted by atomic mass is 9.78. The third kappa shape index (κ3) is 3.72. The summed E-state index contributed by atoms with van der Waals surface area (Å²) < 4.78 is 16.2. The smallest absolute Gasteiger partial charge is 0.230 e. The fraction of sp³-hybridized carbons (Fsp3) is 0.409. The van der Waals surface area contributed by atoms with Crippen LogP contribution in [0.1, 0.15) is 36.8 Å². The monoisotopic (exact) mass is 369 g/mol. The van der Waals surface area contributed by atoms with Crippen LogP contribution < -0.4 is 19.5 Å². The summed E-state index contributed by atoms with van der Waals surface area (Å²) in [5, 5.41) is 3.13. The van der Waals surface area contributed by atoms with Gasteiger partial charge in [-0.3, -0.25) is 4.79 Å². The molecule has 0 spiro atoms. The Morgan fingerprint density at radius 2 is 1.56 bits per heavy atom. The molecule has 1 fully saturated rings. The van der Waals surface area contributed by atoms with Gasteiger partial charge in [0.15, 0.2) is 11.5 Å². The van der Waals surface area contributed by atoms with E-state index in [1.165, 1.54) is 0 Å². The van der Waals surface area contributed by atoms with Crippen molar-refractivity contribution in [2.75, 3.05) is 21.3 Å². The molecule has 1 aliphatic rings. The maximum atomic E-state index is 13.2. The standard InChI is InChI=1S/C22H27NO4/c1-25-18-13-16(14-19(26-2)20(18)27-3)15-23-21(24)22(11-7-8-12-22)17-9-5-4-6-10-17/h4-6,9-10,13-14H,7-8,11-12,15H2,1-3H3,(H,23,24). The molecule has 5 nitrogen and oxygen atoms in total. The molecule has 1 aliphatic carbocycles. The van der Waals surface area contributed by atoms with Crippen molar-refractivity contribution >= 4 is 5.91 Å². The van der Waals surface area contributed by atoms with Gasteiger partial charge in [-0.25, -0.2) is 0 Å². The van der Waals surface area contributed by atoms with Crippen LogP contribution in [0.5, 0.6) is 17.2 Å². The minimum Gasteiger partial charge on any atom is -0.493 e. The minimum absolute atomic E-state index is 0.0833. The van der Waals surface area contributed by atoms with Crippen molar-refractivity contribution in [3.05, 3.63) is 53.6 Å². The highest BCUT2D eigenvalue weighted by atomic mass is 16.5. The van der Waals surface area contributed by atoms with E-state index >= 15 is 0 Å². The van der Waals surface area contributed by atoms with E-state index in [-0.39, 0.29) is 5.91 Å². The third-order valence-corrected chi connectivity index (χ3v) is 5.40. The van der Waals surface area contributed by atoms with Gasteiger partial charge in [-0.2, -0.15) is 0 Å². The van der Waals surface area contributed by atoms with Crippen LogP contribution in [-0.2, 0) is 16.8 Å². The van der Waals surface area contributed by atoms with Crippen LogP contribution >= 0.6 is 0 Å². The van der Waals surface area contributed by atoms with E-state index in [4.69, 9.17) is 14.2 Å². The molecule has 2 aromatic carbocycles. The normalized spacial score (nSPS) is 15.2. The van der Waals surface area contributed by atoms with E-state index in [0.29, 0.717) is 23.8 Å². The SMILES string of the molecule is COc1cc(CNC(=O)C2(c3ccccc3)CCCC2)cc(OC)c1OC. The number of benzene rings is 2. The first-order chi connectivity index (χ1) is 13.1. The van der Waals surface area contributed by atoms with Gasteiger partial charge in [0.25, 0.3) is 0 Å². The van der Waals surface area contributed by atoms with Crippen molar-refractivity contribution in [2.45, 2.75) is 37.6 Å². The summed E-state index contributed by atoms with van der Waals surface area (Å²) in [6.07, 6.45) is 3.93. The van der Waals surface area contributed by atoms with Gasteiger partial charge < -0.3 is 19.5 Å². The molecular weight excluding hydrogens is 342 g/mol. The molecule has 27 heavy (non-hydrogen) atoms. The molecule has 1 N–H and O–H groups in total. The zero-order chi connectivity index (χ0) is 19.3. The Kier molecular flexibility index (Phi) is 5.89. The van der Waals surface area contributed by atoms with Crippen molar-refractivity contribution in [3.63, 3.8) is 0 Å². The van der Waals surface area contributed by atoms with Crippen LogP contribution in [0.25, 0.3) is 0 Å². The first-order valence-corrected chi connectivity index (χ1v) is 9.27. The fourth-order valence-corrected chi connectivity index (χ4v) is 3.97. The predicted octanol–water partition coefficient (Wildman–Crippen LogP) is 3.84. The Labute approximate surface area is 160 Å². The lowest BCUT2D eigenvalue weighted by Gasteiger charge is -2.28. The number of rotatable bonds is 7. The maximum absolute atomic E-state index is 13.2. The quantitative estimate of drug-likeness (QED) is 0.806. The van der Waals surface area contributed by atoms with Crippen molar-refractivity contribution in [3.8, 4) is 17.2 Å². The molecule has 5 heteroatoms. The molecule has 3 rings (SSSR count). The number of hydrogen-bond acceptors (Lipinski definition) is 4. The number of ether oxygens (including phenoxy) is 3. The molecule has 0 radical (unpaired) electrons. The lowest BCUT2D eigenvalue weighted by Crippen LogP contribution is -2.42. The van der Waals surface area contributed by atoms with Gasteiger partial charge in [0.2, 0.25) is 11.7 Å². The van der Waals surface area contributed by atoms with Gasteiger partial charge >= 0.3 is 0 Å². The Morgan fingerprint density at radius 1 is 0.963 bits per heavy atom. The second-order valence-corrected chi connectivity index (χ2v) is 6.87. The van der Waals surface area contributed by atoms with Crippen LogP contribution in [0, 0.1) is 0 Å². The maximum Gasteiger partial charge on any atom is 0.230 e. The summed E-state index contributed by atoms with van der Waals surface area (Å²) in [5.41, 5.74) is 1.57. The van der Waals surface area contributed by atoms with E-state index in [0.717, 1.165) is 36.8 Å². The second kappa shape index (κ2) is 8.33. The van der Waals surface area contributed by atoms with Crippen LogP contribution in [0.2, 0.25) is 0 Å². The van der Waals surface area contributed by atoms with E-state index in [9.17, 15) is 4.79 Å². The highest BCUT2D eigenvalue weighted by molar-refractivity contribution is 5.88. The molecule has 0 aliphatic heterocycles. The first-order valence-electron chi connectivity index (χ1n) is 9.27. The number of nitrogens with one attached hydrogen (secondary N) is 1. The summed E-state index contributed by atoms with van der Waals surface area (Å²) in [5.74, 6) is 1.80. The number of methoxy groups -OCH3 is 3. The van der Waals surface area contributed by atoms with Crippen molar-refractivity contribution in [1.82, 2.24) is 5.32 Å². The third-order valence-electron chi connectivity index (χ3n) is 5.40. The number of carbonyl (C=O) groups excluding carboxylic acids is 1. The Hall–Kier alpha value is -2.69. The topological polar surface area (TPSA) is 56.8 Å². The Bertz CT molecular complexity index is 757. The van der Waals surface area contributed by atoms with E-state index in [2.05, 4.69) is 17.4 Å². The Balaban J connectivity index is 1.80. The molecule has 0 heterocycles. The van der Waals surface area contributed by atoms with Gasteiger partial charge in [-0.1, -0.05) is 43.2 Å². The zero-order valence-corrected chi connectivity index (χ0v) is 16.2.